The molecular weight excluding hydrogens is 232 g/mol. The van der Waals surface area contributed by atoms with E-state index >= 15 is 0 Å². The molecule has 0 amide bonds. The van der Waals surface area contributed by atoms with Crippen molar-refractivity contribution < 1.29 is 13.5 Å². The van der Waals surface area contributed by atoms with Gasteiger partial charge >= 0.3 is 0 Å². The van der Waals surface area contributed by atoms with Gasteiger partial charge in [0.25, 0.3) is 0 Å². The van der Waals surface area contributed by atoms with E-state index in [1.165, 1.54) is 6.92 Å². The molecule has 1 fully saturated rings. The fourth-order valence-electron chi connectivity index (χ4n) is 1.20. The van der Waals surface area contributed by atoms with Crippen molar-refractivity contribution in [1.29, 1.82) is 0 Å². The largest absolute Gasteiger partial charge is 0.388 e. The van der Waals surface area contributed by atoms with E-state index in [0.717, 1.165) is 0 Å². The number of halogens is 1. The van der Waals surface area contributed by atoms with E-state index in [-0.39, 0.29) is 11.5 Å². The molecule has 0 aliphatic carbocycles. The summed E-state index contributed by atoms with van der Waals surface area (Å²) in [4.78, 5) is 0. The third-order valence-corrected chi connectivity index (χ3v) is 5.64. The summed E-state index contributed by atoms with van der Waals surface area (Å²) >= 11 is 3.21. The lowest BCUT2D eigenvalue weighted by Crippen LogP contribution is -2.43. The van der Waals surface area contributed by atoms with Crippen molar-refractivity contribution in [1.82, 2.24) is 0 Å². The zero-order chi connectivity index (χ0) is 8.91. The van der Waals surface area contributed by atoms with Gasteiger partial charge in [0.1, 0.15) is 0 Å². The van der Waals surface area contributed by atoms with E-state index < -0.39 is 19.8 Å². The van der Waals surface area contributed by atoms with E-state index in [1.807, 2.05) is 0 Å². The summed E-state index contributed by atoms with van der Waals surface area (Å²) in [6.07, 6.45) is 0. The molecule has 1 aliphatic rings. The second-order valence-electron chi connectivity index (χ2n) is 3.50. The van der Waals surface area contributed by atoms with Crippen LogP contribution in [0.4, 0.5) is 0 Å². The van der Waals surface area contributed by atoms with Gasteiger partial charge < -0.3 is 5.11 Å². The predicted molar refractivity (Wildman–Crippen MR) is 46.6 cm³/mol. The highest BCUT2D eigenvalue weighted by Crippen LogP contribution is 2.39. The van der Waals surface area contributed by atoms with Gasteiger partial charge in [-0.05, 0) is 13.8 Å². The molecule has 0 unspecified atom stereocenters. The van der Waals surface area contributed by atoms with E-state index in [9.17, 15) is 13.5 Å². The molecule has 0 bridgehead atoms. The normalized spacial score (nSPS) is 49.5. The quantitative estimate of drug-likeness (QED) is 0.623. The van der Waals surface area contributed by atoms with Crippen molar-refractivity contribution in [3.8, 4) is 0 Å². The molecule has 2 atom stereocenters. The van der Waals surface area contributed by atoms with E-state index in [2.05, 4.69) is 15.9 Å². The standard InChI is InChI=1S/C6H11BrO3S/c1-5(7)3-11(9,10)4-6(5,2)8/h8H,3-4H2,1-2H3/t5-,6+/m0/s1. The summed E-state index contributed by atoms with van der Waals surface area (Å²) in [5.41, 5.74) is -1.15. The van der Waals surface area contributed by atoms with Gasteiger partial charge in [0.05, 0.1) is 21.4 Å². The Labute approximate surface area is 74.8 Å². The van der Waals surface area contributed by atoms with Gasteiger partial charge in [-0.2, -0.15) is 0 Å². The van der Waals surface area contributed by atoms with Crippen LogP contribution in [0.1, 0.15) is 13.8 Å². The molecule has 5 heteroatoms. The maximum absolute atomic E-state index is 11.1. The van der Waals surface area contributed by atoms with Crippen LogP contribution in [0.25, 0.3) is 0 Å². The van der Waals surface area contributed by atoms with E-state index in [0.29, 0.717) is 0 Å². The number of aliphatic hydroxyl groups is 1. The SMILES string of the molecule is C[C@]1(Br)CS(=O)(=O)C[C@@]1(C)O. The zero-order valence-corrected chi connectivity index (χ0v) is 8.87. The molecule has 66 valence electrons. The van der Waals surface area contributed by atoms with E-state index in [4.69, 9.17) is 0 Å². The highest BCUT2D eigenvalue weighted by Gasteiger charge is 2.53. The molecule has 1 N–H and O–H groups in total. The van der Waals surface area contributed by atoms with Gasteiger partial charge in [-0.15, -0.1) is 0 Å². The van der Waals surface area contributed by atoms with Crippen LogP contribution in [0.2, 0.25) is 0 Å². The number of sulfone groups is 1. The van der Waals surface area contributed by atoms with Gasteiger partial charge in [0.15, 0.2) is 9.84 Å². The second-order valence-corrected chi connectivity index (χ2v) is 7.32. The molecule has 0 radical (unpaired) electrons. The fraction of sp³-hybridized carbons (Fsp3) is 1.00. The summed E-state index contributed by atoms with van der Waals surface area (Å²) in [6.45, 7) is 3.23. The highest BCUT2D eigenvalue weighted by atomic mass is 79.9. The minimum absolute atomic E-state index is 0.00694. The van der Waals surface area contributed by atoms with Crippen molar-refractivity contribution in [2.75, 3.05) is 11.5 Å². The second kappa shape index (κ2) is 2.20. The van der Waals surface area contributed by atoms with E-state index in [1.54, 1.807) is 6.92 Å². The molecule has 3 nitrogen and oxygen atoms in total. The lowest BCUT2D eigenvalue weighted by Gasteiger charge is -2.28. The Morgan fingerprint density at radius 3 is 1.91 bits per heavy atom. The third-order valence-electron chi connectivity index (χ3n) is 2.11. The first kappa shape index (κ1) is 9.48. The topological polar surface area (TPSA) is 54.4 Å². The average Bonchev–Trinajstić information content (AvgIpc) is 1.66. The summed E-state index contributed by atoms with van der Waals surface area (Å²) in [6, 6.07) is 0. The van der Waals surface area contributed by atoms with Crippen LogP contribution < -0.4 is 0 Å². The highest BCUT2D eigenvalue weighted by molar-refractivity contribution is 9.10. The van der Waals surface area contributed by atoms with Gasteiger partial charge in [-0.1, -0.05) is 15.9 Å². The Bertz CT molecular complexity index is 244. The molecule has 1 rings (SSSR count). The summed E-state index contributed by atoms with van der Waals surface area (Å²) in [7, 11) is -3.06. The minimum atomic E-state index is -3.06. The summed E-state index contributed by atoms with van der Waals surface area (Å²) in [5.74, 6) is -0.144. The molecule has 11 heavy (non-hydrogen) atoms. The number of alkyl halides is 1. The fourth-order valence-corrected chi connectivity index (χ4v) is 4.98. The van der Waals surface area contributed by atoms with Gasteiger partial charge in [-0.3, -0.25) is 0 Å². The van der Waals surface area contributed by atoms with Crippen LogP contribution in [-0.4, -0.2) is 35.0 Å². The first-order valence-corrected chi connectivity index (χ1v) is 5.89. The molecule has 0 spiro atoms. The van der Waals surface area contributed by atoms with Gasteiger partial charge in [-0.25, -0.2) is 8.42 Å². The maximum Gasteiger partial charge on any atom is 0.154 e. The van der Waals surface area contributed by atoms with Crippen molar-refractivity contribution >= 4 is 25.8 Å². The lowest BCUT2D eigenvalue weighted by atomic mass is 9.95. The summed E-state index contributed by atoms with van der Waals surface area (Å²) in [5, 5.41) is 9.63. The molecule has 1 heterocycles. The predicted octanol–water partition coefficient (Wildman–Crippen LogP) is 0.319. The first-order chi connectivity index (χ1) is 4.66. The van der Waals surface area contributed by atoms with Crippen molar-refractivity contribution in [3.63, 3.8) is 0 Å². The summed E-state index contributed by atoms with van der Waals surface area (Å²) < 4.78 is 21.4. The third kappa shape index (κ3) is 1.60. The van der Waals surface area contributed by atoms with Crippen LogP contribution in [-0.2, 0) is 9.84 Å². The molecule has 0 aromatic rings. The molecule has 1 saturated heterocycles. The maximum atomic E-state index is 11.1. The Hall–Kier alpha value is 0.390. The van der Waals surface area contributed by atoms with Crippen LogP contribution >= 0.6 is 15.9 Å². The van der Waals surface area contributed by atoms with Gasteiger partial charge in [0.2, 0.25) is 0 Å². The Morgan fingerprint density at radius 2 is 1.82 bits per heavy atom. The van der Waals surface area contributed by atoms with Crippen LogP contribution in [0, 0.1) is 0 Å². The van der Waals surface area contributed by atoms with Crippen molar-refractivity contribution in [3.05, 3.63) is 0 Å². The molecule has 0 saturated carbocycles. The minimum Gasteiger partial charge on any atom is -0.388 e. The number of hydrogen-bond donors (Lipinski definition) is 1. The van der Waals surface area contributed by atoms with Crippen LogP contribution in [0.15, 0.2) is 0 Å². The number of hydrogen-bond acceptors (Lipinski definition) is 3. The lowest BCUT2D eigenvalue weighted by molar-refractivity contribution is 0.0650. The Kier molecular flexibility index (Phi) is 1.90. The van der Waals surface area contributed by atoms with Crippen LogP contribution in [0.3, 0.4) is 0 Å². The Morgan fingerprint density at radius 1 is 1.36 bits per heavy atom. The molecule has 0 aromatic heterocycles. The zero-order valence-electron chi connectivity index (χ0n) is 6.46. The molecule has 0 aromatic carbocycles. The monoisotopic (exact) mass is 242 g/mol. The average molecular weight is 243 g/mol. The Balaban J connectivity index is 3.08. The number of rotatable bonds is 0. The molecule has 1 aliphatic heterocycles. The van der Waals surface area contributed by atoms with Crippen molar-refractivity contribution in [2.45, 2.75) is 23.8 Å². The molecular formula is C6H11BrO3S. The first-order valence-electron chi connectivity index (χ1n) is 3.28. The smallest absolute Gasteiger partial charge is 0.154 e. The van der Waals surface area contributed by atoms with Crippen LogP contribution in [0.5, 0.6) is 0 Å². The van der Waals surface area contributed by atoms with Gasteiger partial charge in [0, 0.05) is 0 Å². The van der Waals surface area contributed by atoms with Crippen molar-refractivity contribution in [2.24, 2.45) is 0 Å².